The number of nitrogens with one attached hydrogen (secondary N) is 2. The predicted molar refractivity (Wildman–Crippen MR) is 108 cm³/mol. The van der Waals surface area contributed by atoms with Crippen molar-refractivity contribution in [2.45, 2.75) is 18.0 Å². The van der Waals surface area contributed by atoms with Gasteiger partial charge in [0, 0.05) is 16.8 Å². The van der Waals surface area contributed by atoms with Gasteiger partial charge >= 0.3 is 6.18 Å². The number of halogens is 5. The molecule has 0 aliphatic heterocycles. The van der Waals surface area contributed by atoms with Crippen molar-refractivity contribution >= 4 is 21.3 Å². The Kier molecular flexibility index (Phi) is 6.36. The molecule has 2 N–H and O–H groups in total. The second-order valence-corrected chi connectivity index (χ2v) is 8.99. The number of benzene rings is 2. The lowest BCUT2D eigenvalue weighted by Gasteiger charge is -2.16. The van der Waals surface area contributed by atoms with E-state index in [0.717, 1.165) is 31.4 Å². The average Bonchev–Trinajstić information content (AvgIpc) is 2.70. The van der Waals surface area contributed by atoms with E-state index in [1.54, 1.807) is 0 Å². The number of alkyl halides is 3. The Bertz CT molecular complexity index is 1340. The van der Waals surface area contributed by atoms with E-state index < -0.39 is 61.9 Å². The van der Waals surface area contributed by atoms with Gasteiger partial charge in [0.25, 0.3) is 11.8 Å². The van der Waals surface area contributed by atoms with Gasteiger partial charge in [0.05, 0.1) is 9.73 Å². The molecule has 3 rings (SSSR count). The number of amides is 1. The van der Waals surface area contributed by atoms with Crippen molar-refractivity contribution in [2.75, 3.05) is 11.6 Å². The third-order valence-corrected chi connectivity index (χ3v) is 5.50. The van der Waals surface area contributed by atoms with Gasteiger partial charge in [-0.15, -0.1) is 10.2 Å². The van der Waals surface area contributed by atoms with Gasteiger partial charge in [-0.2, -0.15) is 17.6 Å². The topological polar surface area (TPSA) is 105 Å². The van der Waals surface area contributed by atoms with Crippen LogP contribution in [0.4, 0.5) is 27.6 Å². The van der Waals surface area contributed by atoms with Crippen LogP contribution < -0.4 is 10.1 Å². The Morgan fingerprint density at radius 3 is 2.42 bits per heavy atom. The summed E-state index contributed by atoms with van der Waals surface area (Å²) in [6.07, 6.45) is -3.81. The molecule has 33 heavy (non-hydrogen) atoms. The van der Waals surface area contributed by atoms with E-state index >= 15 is 0 Å². The molecule has 13 heteroatoms. The summed E-state index contributed by atoms with van der Waals surface area (Å²) in [6, 6.07) is 8.22. The summed E-state index contributed by atoms with van der Waals surface area (Å²) in [4.78, 5) is 13.0. The normalized spacial score (nSPS) is 13.3. The highest BCUT2D eigenvalue weighted by molar-refractivity contribution is 7.91. The fourth-order valence-electron chi connectivity index (χ4n) is 2.78. The zero-order valence-electron chi connectivity index (χ0n) is 17.0. The highest BCUT2D eigenvalue weighted by Crippen LogP contribution is 2.35. The van der Waals surface area contributed by atoms with Gasteiger partial charge in [-0.3, -0.25) is 4.79 Å². The van der Waals surface area contributed by atoms with E-state index in [-0.39, 0.29) is 10.6 Å². The van der Waals surface area contributed by atoms with Crippen LogP contribution in [-0.2, 0) is 15.9 Å². The summed E-state index contributed by atoms with van der Waals surface area (Å²) < 4.78 is 92.2. The monoisotopic (exact) mass is 486 g/mol. The Labute approximate surface area is 184 Å². The van der Waals surface area contributed by atoms with E-state index in [2.05, 4.69) is 15.5 Å². The zero-order chi connectivity index (χ0) is 24.6. The van der Waals surface area contributed by atoms with Crippen LogP contribution in [0.2, 0.25) is 0 Å². The van der Waals surface area contributed by atoms with Crippen LogP contribution in [0, 0.1) is 23.3 Å². The summed E-state index contributed by atoms with van der Waals surface area (Å²) in [5.41, 5.74) is -2.85. The van der Waals surface area contributed by atoms with E-state index in [4.69, 9.17) is 9.52 Å². The van der Waals surface area contributed by atoms with Gasteiger partial charge in [0.15, 0.2) is 17.3 Å². The number of carbonyl (C=O) groups excluding carboxylic acids is 1. The number of hydrogen-bond acceptors (Lipinski definition) is 6. The Morgan fingerprint density at radius 2 is 1.79 bits per heavy atom. The van der Waals surface area contributed by atoms with Gasteiger partial charge in [0.2, 0.25) is 5.82 Å². The molecule has 7 nitrogen and oxygen atoms in total. The Balaban J connectivity index is 2.09. The third kappa shape index (κ3) is 5.25. The minimum Gasteiger partial charge on any atom is -0.434 e. The van der Waals surface area contributed by atoms with Crippen molar-refractivity contribution in [1.82, 2.24) is 10.2 Å². The Hall–Kier alpha value is -3.61. The first-order valence-corrected chi connectivity index (χ1v) is 11.0. The second-order valence-electron chi connectivity index (χ2n) is 6.83. The highest BCUT2D eigenvalue weighted by Gasteiger charge is 2.38. The van der Waals surface area contributed by atoms with E-state index in [1.165, 1.54) is 24.3 Å². The maximum atomic E-state index is 14.0. The number of carbonyl (C=O) groups is 1. The summed E-state index contributed by atoms with van der Waals surface area (Å²) >= 11 is 0. The predicted octanol–water partition coefficient (Wildman–Crippen LogP) is 5.16. The molecule has 0 aliphatic rings. The van der Waals surface area contributed by atoms with E-state index in [1.807, 2.05) is 0 Å². The summed E-state index contributed by atoms with van der Waals surface area (Å²) in [6.45, 7) is 0.945. The SMILES string of the molecule is Cc1c(C(F)(F)F)nnc(Oc2cccc(F)c2F)c1C(=O)Nc1cccc(S(C)(=N)=O)c1. The van der Waals surface area contributed by atoms with Gasteiger partial charge in [-0.25, -0.2) is 13.4 Å². The first-order valence-electron chi connectivity index (χ1n) is 9.00. The molecular weight excluding hydrogens is 471 g/mol. The molecule has 1 unspecified atom stereocenters. The standard InChI is InChI=1S/C20H15F5N4O3S/c1-10-15(18(30)27-11-5-3-6-12(9-11)33(2,26)31)19(29-28-17(10)20(23,24)25)32-14-8-4-7-13(21)16(14)22/h3-9,26H,1-2H3,(H,27,30). The van der Waals surface area contributed by atoms with Crippen LogP contribution in [-0.4, -0.2) is 26.6 Å². The quantitative estimate of drug-likeness (QED) is 0.485. The molecular formula is C20H15F5N4O3S. The lowest BCUT2D eigenvalue weighted by Crippen LogP contribution is -2.21. The third-order valence-electron chi connectivity index (χ3n) is 4.34. The number of ether oxygens (including phenoxy) is 1. The minimum absolute atomic E-state index is 0.0204. The van der Waals surface area contributed by atoms with Gasteiger partial charge in [-0.1, -0.05) is 12.1 Å². The van der Waals surface area contributed by atoms with Gasteiger partial charge in [-0.05, 0) is 42.8 Å². The Morgan fingerprint density at radius 1 is 1.12 bits per heavy atom. The number of rotatable bonds is 5. The van der Waals surface area contributed by atoms with Gasteiger partial charge < -0.3 is 10.1 Å². The van der Waals surface area contributed by atoms with Crippen molar-refractivity contribution in [1.29, 1.82) is 4.78 Å². The molecule has 0 saturated carbocycles. The highest BCUT2D eigenvalue weighted by atomic mass is 32.2. The largest absolute Gasteiger partial charge is 0.435 e. The molecule has 0 aliphatic carbocycles. The maximum Gasteiger partial charge on any atom is 0.435 e. The van der Waals surface area contributed by atoms with Gasteiger partial charge in [0.1, 0.15) is 5.56 Å². The van der Waals surface area contributed by atoms with Crippen LogP contribution in [0.25, 0.3) is 0 Å². The number of hydrogen-bond donors (Lipinski definition) is 2. The smallest absolute Gasteiger partial charge is 0.434 e. The number of aromatic nitrogens is 2. The first kappa shape index (κ1) is 24.0. The molecule has 0 bridgehead atoms. The molecule has 0 saturated heterocycles. The van der Waals surface area contributed by atoms with Crippen LogP contribution in [0.15, 0.2) is 47.4 Å². The van der Waals surface area contributed by atoms with Crippen molar-refractivity contribution in [3.05, 3.63) is 70.9 Å². The zero-order valence-corrected chi connectivity index (χ0v) is 17.8. The molecule has 0 fully saturated rings. The second kappa shape index (κ2) is 8.73. The molecule has 1 atom stereocenters. The average molecular weight is 486 g/mol. The van der Waals surface area contributed by atoms with Crippen LogP contribution >= 0.6 is 0 Å². The summed E-state index contributed by atoms with van der Waals surface area (Å²) in [7, 11) is -3.14. The van der Waals surface area contributed by atoms with Crippen LogP contribution in [0.5, 0.6) is 11.6 Å². The molecule has 0 spiro atoms. The van der Waals surface area contributed by atoms with Crippen molar-refractivity contribution in [2.24, 2.45) is 0 Å². The van der Waals surface area contributed by atoms with E-state index in [9.17, 15) is 31.0 Å². The summed E-state index contributed by atoms with van der Waals surface area (Å²) in [5.74, 6) is -5.38. The fraction of sp³-hybridized carbons (Fsp3) is 0.150. The van der Waals surface area contributed by atoms with Crippen LogP contribution in [0.1, 0.15) is 21.6 Å². The number of anilines is 1. The number of nitrogens with zero attached hydrogens (tertiary/aromatic N) is 2. The minimum atomic E-state index is -4.96. The van der Waals surface area contributed by atoms with Crippen molar-refractivity contribution < 1.29 is 35.7 Å². The first-order chi connectivity index (χ1) is 15.3. The molecule has 1 heterocycles. The molecule has 2 aromatic carbocycles. The molecule has 1 aromatic heterocycles. The lowest BCUT2D eigenvalue weighted by molar-refractivity contribution is -0.142. The molecule has 3 aromatic rings. The molecule has 174 valence electrons. The molecule has 1 amide bonds. The van der Waals surface area contributed by atoms with E-state index in [0.29, 0.717) is 0 Å². The molecule has 0 radical (unpaired) electrons. The fourth-order valence-corrected chi connectivity index (χ4v) is 3.47. The van der Waals surface area contributed by atoms with Crippen molar-refractivity contribution in [3.63, 3.8) is 0 Å². The lowest BCUT2D eigenvalue weighted by atomic mass is 10.1. The van der Waals surface area contributed by atoms with Crippen molar-refractivity contribution in [3.8, 4) is 11.6 Å². The summed E-state index contributed by atoms with van der Waals surface area (Å²) in [5, 5.41) is 8.62. The van der Waals surface area contributed by atoms with Crippen LogP contribution in [0.3, 0.4) is 0 Å². The maximum absolute atomic E-state index is 14.0.